The number of hydrogen-bond donors (Lipinski definition) is 1. The molecule has 3 aromatic carbocycles. The van der Waals surface area contributed by atoms with E-state index in [4.69, 9.17) is 0 Å². The molecule has 7 heteroatoms. The molecule has 0 spiro atoms. The molecule has 0 aliphatic heterocycles. The minimum Gasteiger partial charge on any atom is -0.325 e. The maximum Gasteiger partial charge on any atom is 0.243 e. The Morgan fingerprint density at radius 1 is 0.935 bits per heavy atom. The molecule has 0 atom stereocenters. The zero-order valence-electron chi connectivity index (χ0n) is 17.7. The van der Waals surface area contributed by atoms with Gasteiger partial charge in [0.1, 0.15) is 5.82 Å². The summed E-state index contributed by atoms with van der Waals surface area (Å²) < 4.78 is 41.4. The van der Waals surface area contributed by atoms with Crippen LogP contribution in [-0.2, 0) is 21.4 Å². The first-order valence-corrected chi connectivity index (χ1v) is 11.3. The second-order valence-electron chi connectivity index (χ2n) is 7.58. The van der Waals surface area contributed by atoms with E-state index in [1.54, 1.807) is 25.1 Å². The molecule has 1 amide bonds. The van der Waals surface area contributed by atoms with E-state index < -0.39 is 28.3 Å². The van der Waals surface area contributed by atoms with Crippen LogP contribution in [-0.4, -0.2) is 25.2 Å². The molecule has 3 rings (SSSR count). The summed E-state index contributed by atoms with van der Waals surface area (Å²) in [6, 6.07) is 18.0. The van der Waals surface area contributed by atoms with E-state index in [9.17, 15) is 17.6 Å². The topological polar surface area (TPSA) is 66.5 Å². The van der Waals surface area contributed by atoms with Crippen LogP contribution in [0.2, 0.25) is 0 Å². The maximum atomic E-state index is 13.6. The zero-order valence-corrected chi connectivity index (χ0v) is 18.5. The number of nitrogens with one attached hydrogen (secondary N) is 1. The Balaban J connectivity index is 1.90. The van der Waals surface area contributed by atoms with E-state index in [1.165, 1.54) is 24.3 Å². The van der Waals surface area contributed by atoms with Crippen molar-refractivity contribution in [2.24, 2.45) is 0 Å². The Kier molecular flexibility index (Phi) is 6.87. The van der Waals surface area contributed by atoms with Crippen LogP contribution >= 0.6 is 0 Å². The van der Waals surface area contributed by atoms with Gasteiger partial charge in [-0.25, -0.2) is 12.8 Å². The van der Waals surface area contributed by atoms with Crippen LogP contribution in [0.1, 0.15) is 22.3 Å². The number of carbonyl (C=O) groups excluding carboxylic acids is 1. The number of rotatable bonds is 7. The van der Waals surface area contributed by atoms with Crippen LogP contribution < -0.4 is 5.32 Å². The van der Waals surface area contributed by atoms with Gasteiger partial charge in [-0.05, 0) is 56.2 Å². The van der Waals surface area contributed by atoms with Gasteiger partial charge >= 0.3 is 0 Å². The molecule has 5 nitrogen and oxygen atoms in total. The smallest absolute Gasteiger partial charge is 0.243 e. The fourth-order valence-electron chi connectivity index (χ4n) is 3.18. The number of anilines is 1. The predicted octanol–water partition coefficient (Wildman–Crippen LogP) is 4.58. The van der Waals surface area contributed by atoms with Gasteiger partial charge in [0.15, 0.2) is 0 Å². The van der Waals surface area contributed by atoms with Gasteiger partial charge in [-0.15, -0.1) is 0 Å². The van der Waals surface area contributed by atoms with Crippen molar-refractivity contribution in [2.45, 2.75) is 32.2 Å². The van der Waals surface area contributed by atoms with Crippen molar-refractivity contribution in [3.63, 3.8) is 0 Å². The molecule has 0 aromatic heterocycles. The van der Waals surface area contributed by atoms with Crippen molar-refractivity contribution >= 4 is 21.6 Å². The number of aryl methyl sites for hydroxylation is 3. The SMILES string of the molecule is Cc1ccc(S(=O)(=O)N(CC(=O)Nc2cc(F)ccc2C)Cc2cccc(C)c2)cc1. The predicted molar refractivity (Wildman–Crippen MR) is 120 cm³/mol. The lowest BCUT2D eigenvalue weighted by Crippen LogP contribution is -2.37. The number of hydrogen-bond acceptors (Lipinski definition) is 3. The van der Waals surface area contributed by atoms with E-state index in [0.29, 0.717) is 11.3 Å². The Morgan fingerprint density at radius 2 is 1.65 bits per heavy atom. The molecule has 1 N–H and O–H groups in total. The molecule has 0 bridgehead atoms. The Morgan fingerprint density at radius 3 is 2.32 bits per heavy atom. The summed E-state index contributed by atoms with van der Waals surface area (Å²) in [5.74, 6) is -1.03. The normalized spacial score (nSPS) is 11.5. The minimum absolute atomic E-state index is 0.0352. The van der Waals surface area contributed by atoms with Gasteiger partial charge in [0.05, 0.1) is 11.4 Å². The highest BCUT2D eigenvalue weighted by Gasteiger charge is 2.27. The van der Waals surface area contributed by atoms with Gasteiger partial charge in [0, 0.05) is 12.2 Å². The van der Waals surface area contributed by atoms with Gasteiger partial charge in [-0.1, -0.05) is 53.6 Å². The largest absolute Gasteiger partial charge is 0.325 e. The zero-order chi connectivity index (χ0) is 22.6. The summed E-state index contributed by atoms with van der Waals surface area (Å²) >= 11 is 0. The number of sulfonamides is 1. The number of amides is 1. The van der Waals surface area contributed by atoms with Gasteiger partial charge in [-0.2, -0.15) is 4.31 Å². The summed E-state index contributed by atoms with van der Waals surface area (Å²) in [7, 11) is -3.94. The average molecular weight is 441 g/mol. The Bertz CT molecular complexity index is 1190. The van der Waals surface area contributed by atoms with Gasteiger partial charge < -0.3 is 5.32 Å². The van der Waals surface area contributed by atoms with Crippen LogP contribution in [0, 0.1) is 26.6 Å². The molecular formula is C24H25FN2O3S. The second-order valence-corrected chi connectivity index (χ2v) is 9.52. The van der Waals surface area contributed by atoms with Crippen LogP contribution in [0.3, 0.4) is 0 Å². The van der Waals surface area contributed by atoms with Crippen LogP contribution in [0.25, 0.3) is 0 Å². The first kappa shape index (κ1) is 22.7. The average Bonchev–Trinajstić information content (AvgIpc) is 2.70. The van der Waals surface area contributed by atoms with Crippen molar-refractivity contribution in [3.05, 3.63) is 94.8 Å². The van der Waals surface area contributed by atoms with Crippen molar-refractivity contribution < 1.29 is 17.6 Å². The lowest BCUT2D eigenvalue weighted by atomic mass is 10.1. The van der Waals surface area contributed by atoms with Crippen molar-refractivity contribution in [1.82, 2.24) is 4.31 Å². The highest BCUT2D eigenvalue weighted by atomic mass is 32.2. The van der Waals surface area contributed by atoms with E-state index in [1.807, 2.05) is 38.1 Å². The van der Waals surface area contributed by atoms with E-state index in [2.05, 4.69) is 5.32 Å². The monoisotopic (exact) mass is 440 g/mol. The van der Waals surface area contributed by atoms with E-state index in [-0.39, 0.29) is 11.4 Å². The van der Waals surface area contributed by atoms with Gasteiger partial charge in [-0.3, -0.25) is 4.79 Å². The number of nitrogens with zero attached hydrogens (tertiary/aromatic N) is 1. The van der Waals surface area contributed by atoms with Crippen LogP contribution in [0.15, 0.2) is 71.6 Å². The highest BCUT2D eigenvalue weighted by molar-refractivity contribution is 7.89. The summed E-state index contributed by atoms with van der Waals surface area (Å²) in [5, 5.41) is 2.63. The first-order valence-electron chi connectivity index (χ1n) is 9.83. The number of carbonyl (C=O) groups is 1. The van der Waals surface area contributed by atoms with Crippen LogP contribution in [0.4, 0.5) is 10.1 Å². The van der Waals surface area contributed by atoms with E-state index in [0.717, 1.165) is 21.0 Å². The van der Waals surface area contributed by atoms with Crippen molar-refractivity contribution in [1.29, 1.82) is 0 Å². The maximum absolute atomic E-state index is 13.6. The first-order chi connectivity index (χ1) is 14.6. The fraction of sp³-hybridized carbons (Fsp3) is 0.208. The van der Waals surface area contributed by atoms with Gasteiger partial charge in [0.25, 0.3) is 0 Å². The molecule has 0 saturated heterocycles. The Hall–Kier alpha value is -3.03. The molecule has 31 heavy (non-hydrogen) atoms. The third-order valence-corrected chi connectivity index (χ3v) is 6.70. The molecule has 162 valence electrons. The summed E-state index contributed by atoms with van der Waals surface area (Å²) in [5.41, 5.74) is 3.69. The molecule has 0 aliphatic carbocycles. The quantitative estimate of drug-likeness (QED) is 0.585. The molecule has 0 heterocycles. The lowest BCUT2D eigenvalue weighted by Gasteiger charge is -2.22. The fourth-order valence-corrected chi connectivity index (χ4v) is 4.56. The molecule has 3 aromatic rings. The molecule has 0 saturated carbocycles. The summed E-state index contributed by atoms with van der Waals surface area (Å²) in [4.78, 5) is 12.8. The second kappa shape index (κ2) is 9.41. The van der Waals surface area contributed by atoms with E-state index >= 15 is 0 Å². The third-order valence-electron chi connectivity index (χ3n) is 4.89. The molecule has 0 aliphatic rings. The van der Waals surface area contributed by atoms with Crippen molar-refractivity contribution in [2.75, 3.05) is 11.9 Å². The van der Waals surface area contributed by atoms with Crippen LogP contribution in [0.5, 0.6) is 0 Å². The lowest BCUT2D eigenvalue weighted by molar-refractivity contribution is -0.116. The third kappa shape index (κ3) is 5.77. The highest BCUT2D eigenvalue weighted by Crippen LogP contribution is 2.21. The van der Waals surface area contributed by atoms with Crippen molar-refractivity contribution in [3.8, 4) is 0 Å². The minimum atomic E-state index is -3.94. The summed E-state index contributed by atoms with van der Waals surface area (Å²) in [6.45, 7) is 5.16. The molecule has 0 radical (unpaired) electrons. The summed E-state index contributed by atoms with van der Waals surface area (Å²) in [6.07, 6.45) is 0. The number of halogens is 1. The number of benzene rings is 3. The molecule has 0 fully saturated rings. The molecule has 0 unspecified atom stereocenters. The standard InChI is InChI=1S/C24H25FN2O3S/c1-17-7-11-22(12-8-17)31(29,30)27(15-20-6-4-5-18(2)13-20)16-24(28)26-23-14-21(25)10-9-19(23)3/h4-14H,15-16H2,1-3H3,(H,26,28). The van der Waals surface area contributed by atoms with Gasteiger partial charge in [0.2, 0.25) is 15.9 Å². The molecular weight excluding hydrogens is 415 g/mol. The Labute approximate surface area is 182 Å².